The Bertz CT molecular complexity index is 537. The number of nitrogens with one attached hydrogen (secondary N) is 1. The van der Waals surface area contributed by atoms with Crippen LogP contribution >= 0.6 is 0 Å². The Morgan fingerprint density at radius 3 is 2.67 bits per heavy atom. The molecule has 0 aromatic heterocycles. The van der Waals surface area contributed by atoms with Crippen molar-refractivity contribution < 1.29 is 14.7 Å². The molecule has 112 valence electrons. The van der Waals surface area contributed by atoms with E-state index in [0.29, 0.717) is 24.3 Å². The molecule has 0 unspecified atom stereocenters. The van der Waals surface area contributed by atoms with Crippen LogP contribution < -0.4 is 5.32 Å². The predicted octanol–water partition coefficient (Wildman–Crippen LogP) is 1.68. The molecular formula is C15H19N3O3. The summed E-state index contributed by atoms with van der Waals surface area (Å²) in [6.45, 7) is 2.89. The summed E-state index contributed by atoms with van der Waals surface area (Å²) in [6.07, 6.45) is 1.01. The normalized spacial score (nSPS) is 10.1. The average Bonchev–Trinajstić information content (AvgIpc) is 2.45. The number of nitriles is 1. The van der Waals surface area contributed by atoms with Crippen LogP contribution in [0.3, 0.4) is 0 Å². The maximum Gasteiger partial charge on any atom is 0.317 e. The van der Waals surface area contributed by atoms with Crippen molar-refractivity contribution in [2.75, 3.05) is 25.0 Å². The highest BCUT2D eigenvalue weighted by atomic mass is 16.4. The quantitative estimate of drug-likeness (QED) is 0.759. The zero-order valence-corrected chi connectivity index (χ0v) is 12.0. The predicted molar refractivity (Wildman–Crippen MR) is 78.8 cm³/mol. The minimum Gasteiger partial charge on any atom is -0.480 e. The lowest BCUT2D eigenvalue weighted by molar-refractivity contribution is -0.138. The first-order valence-corrected chi connectivity index (χ1v) is 6.80. The fourth-order valence-corrected chi connectivity index (χ4v) is 1.94. The highest BCUT2D eigenvalue weighted by Gasteiger charge is 2.12. The van der Waals surface area contributed by atoms with Crippen LogP contribution in [-0.2, 0) is 9.59 Å². The second kappa shape index (κ2) is 8.72. The van der Waals surface area contributed by atoms with Crippen molar-refractivity contribution in [3.05, 3.63) is 29.8 Å². The Labute approximate surface area is 124 Å². The maximum absolute atomic E-state index is 11.9. The van der Waals surface area contributed by atoms with Crippen LogP contribution in [0.5, 0.6) is 0 Å². The number of amides is 1. The van der Waals surface area contributed by atoms with Gasteiger partial charge in [0, 0.05) is 13.0 Å². The van der Waals surface area contributed by atoms with Gasteiger partial charge in [0.1, 0.15) is 6.07 Å². The van der Waals surface area contributed by atoms with E-state index < -0.39 is 5.97 Å². The number of benzene rings is 1. The molecule has 21 heavy (non-hydrogen) atoms. The standard InChI is InChI=1S/C15H19N3O3/c1-2-8-18(11-15(20)21)9-7-14(19)17-13-6-4-3-5-12(13)10-16/h3-6H,2,7-9,11H2,1H3,(H,17,19)(H,20,21). The minimum absolute atomic E-state index is 0.0735. The molecule has 1 aromatic rings. The van der Waals surface area contributed by atoms with E-state index in [1.807, 2.05) is 13.0 Å². The summed E-state index contributed by atoms with van der Waals surface area (Å²) in [5.74, 6) is -1.14. The third kappa shape index (κ3) is 6.06. The fourth-order valence-electron chi connectivity index (χ4n) is 1.94. The van der Waals surface area contributed by atoms with Gasteiger partial charge in [0.2, 0.25) is 5.91 Å². The Morgan fingerprint density at radius 2 is 2.05 bits per heavy atom. The molecule has 6 nitrogen and oxygen atoms in total. The zero-order chi connectivity index (χ0) is 15.7. The van der Waals surface area contributed by atoms with Crippen molar-refractivity contribution in [2.24, 2.45) is 0 Å². The van der Waals surface area contributed by atoms with Gasteiger partial charge >= 0.3 is 5.97 Å². The van der Waals surface area contributed by atoms with Gasteiger partial charge in [-0.1, -0.05) is 19.1 Å². The fraction of sp³-hybridized carbons (Fsp3) is 0.400. The number of carboxylic acids is 1. The van der Waals surface area contributed by atoms with Crippen LogP contribution in [0, 0.1) is 11.3 Å². The van der Waals surface area contributed by atoms with E-state index in [0.717, 1.165) is 6.42 Å². The Morgan fingerprint density at radius 1 is 1.33 bits per heavy atom. The summed E-state index contributed by atoms with van der Waals surface area (Å²) in [6, 6.07) is 8.77. The van der Waals surface area contributed by atoms with Crippen molar-refractivity contribution >= 4 is 17.6 Å². The Kier molecular flexibility index (Phi) is 6.92. The topological polar surface area (TPSA) is 93.4 Å². The average molecular weight is 289 g/mol. The number of carbonyl (C=O) groups excluding carboxylic acids is 1. The van der Waals surface area contributed by atoms with Crippen molar-refractivity contribution in [2.45, 2.75) is 19.8 Å². The highest BCUT2D eigenvalue weighted by Crippen LogP contribution is 2.13. The number of nitrogens with zero attached hydrogens (tertiary/aromatic N) is 2. The molecule has 0 spiro atoms. The second-order valence-electron chi connectivity index (χ2n) is 4.63. The van der Waals surface area contributed by atoms with Gasteiger partial charge in [0.05, 0.1) is 17.8 Å². The van der Waals surface area contributed by atoms with Crippen molar-refractivity contribution in [1.29, 1.82) is 5.26 Å². The van der Waals surface area contributed by atoms with Crippen molar-refractivity contribution in [3.8, 4) is 6.07 Å². The third-order valence-corrected chi connectivity index (χ3v) is 2.88. The summed E-state index contributed by atoms with van der Waals surface area (Å²) < 4.78 is 0. The minimum atomic E-state index is -0.904. The van der Waals surface area contributed by atoms with E-state index >= 15 is 0 Å². The maximum atomic E-state index is 11.9. The first kappa shape index (κ1) is 16.7. The number of carboxylic acid groups (broad SMARTS) is 1. The van der Waals surface area contributed by atoms with Gasteiger partial charge in [-0.25, -0.2) is 0 Å². The molecule has 0 fully saturated rings. The molecule has 0 heterocycles. The first-order valence-electron chi connectivity index (χ1n) is 6.80. The molecule has 0 saturated carbocycles. The van der Waals surface area contributed by atoms with E-state index in [1.165, 1.54) is 0 Å². The smallest absolute Gasteiger partial charge is 0.317 e. The van der Waals surface area contributed by atoms with Crippen LogP contribution in [0.25, 0.3) is 0 Å². The molecule has 0 radical (unpaired) electrons. The van der Waals surface area contributed by atoms with E-state index in [-0.39, 0.29) is 18.9 Å². The van der Waals surface area contributed by atoms with Gasteiger partial charge in [-0.2, -0.15) is 5.26 Å². The monoisotopic (exact) mass is 289 g/mol. The number of hydrogen-bond acceptors (Lipinski definition) is 4. The van der Waals surface area contributed by atoms with Crippen LogP contribution in [0.1, 0.15) is 25.3 Å². The SMILES string of the molecule is CCCN(CCC(=O)Nc1ccccc1C#N)CC(=O)O. The first-order chi connectivity index (χ1) is 10.1. The molecule has 1 rings (SSSR count). The number of anilines is 1. The van der Waals surface area contributed by atoms with Crippen LogP contribution in [0.2, 0.25) is 0 Å². The molecule has 0 atom stereocenters. The molecule has 1 aromatic carbocycles. The van der Waals surface area contributed by atoms with Gasteiger partial charge in [0.25, 0.3) is 0 Å². The van der Waals surface area contributed by atoms with Gasteiger partial charge in [-0.05, 0) is 25.1 Å². The second-order valence-corrected chi connectivity index (χ2v) is 4.63. The van der Waals surface area contributed by atoms with E-state index in [4.69, 9.17) is 10.4 Å². The van der Waals surface area contributed by atoms with Gasteiger partial charge in [-0.3, -0.25) is 14.5 Å². The highest BCUT2D eigenvalue weighted by molar-refractivity contribution is 5.92. The molecule has 0 aliphatic heterocycles. The number of carbonyl (C=O) groups is 2. The largest absolute Gasteiger partial charge is 0.480 e. The van der Waals surface area contributed by atoms with Crippen molar-refractivity contribution in [3.63, 3.8) is 0 Å². The summed E-state index contributed by atoms with van der Waals surface area (Å²) in [7, 11) is 0. The Balaban J connectivity index is 2.53. The van der Waals surface area contributed by atoms with Gasteiger partial charge in [0.15, 0.2) is 0 Å². The molecule has 0 aliphatic carbocycles. The number of rotatable bonds is 8. The lowest BCUT2D eigenvalue weighted by Crippen LogP contribution is -2.33. The van der Waals surface area contributed by atoms with Crippen LogP contribution in [0.15, 0.2) is 24.3 Å². The number of hydrogen-bond donors (Lipinski definition) is 2. The lowest BCUT2D eigenvalue weighted by atomic mass is 10.2. The van der Waals surface area contributed by atoms with Crippen LogP contribution in [-0.4, -0.2) is 41.5 Å². The van der Waals surface area contributed by atoms with E-state index in [2.05, 4.69) is 5.32 Å². The molecule has 0 saturated heterocycles. The summed E-state index contributed by atoms with van der Waals surface area (Å²) in [5.41, 5.74) is 0.882. The molecule has 6 heteroatoms. The number of para-hydroxylation sites is 1. The van der Waals surface area contributed by atoms with Crippen LogP contribution in [0.4, 0.5) is 5.69 Å². The van der Waals surface area contributed by atoms with Gasteiger partial charge < -0.3 is 10.4 Å². The van der Waals surface area contributed by atoms with Gasteiger partial charge in [-0.15, -0.1) is 0 Å². The summed E-state index contributed by atoms with van der Waals surface area (Å²) in [5, 5.41) is 20.4. The van der Waals surface area contributed by atoms with E-state index in [1.54, 1.807) is 29.2 Å². The third-order valence-electron chi connectivity index (χ3n) is 2.88. The lowest BCUT2D eigenvalue weighted by Gasteiger charge is -2.19. The molecule has 1 amide bonds. The molecule has 0 bridgehead atoms. The van der Waals surface area contributed by atoms with E-state index in [9.17, 15) is 9.59 Å². The van der Waals surface area contributed by atoms with Crippen molar-refractivity contribution in [1.82, 2.24) is 4.90 Å². The summed E-state index contributed by atoms with van der Waals surface area (Å²) >= 11 is 0. The molecule has 0 aliphatic rings. The Hall–Kier alpha value is -2.39. The molecular weight excluding hydrogens is 270 g/mol. The number of aliphatic carboxylic acids is 1. The summed E-state index contributed by atoms with van der Waals surface area (Å²) in [4.78, 5) is 24.3. The zero-order valence-electron chi connectivity index (χ0n) is 12.0. The molecule has 2 N–H and O–H groups in total.